The number of aromatic nitrogens is 2. The molecule has 0 aliphatic carbocycles. The van der Waals surface area contributed by atoms with E-state index < -0.39 is 12.1 Å². The van der Waals surface area contributed by atoms with Crippen LogP contribution < -0.4 is 4.74 Å². The Balaban J connectivity index is 2.21. The van der Waals surface area contributed by atoms with Gasteiger partial charge < -0.3 is 14.6 Å². The Morgan fingerprint density at radius 2 is 2.00 bits per heavy atom. The van der Waals surface area contributed by atoms with E-state index in [4.69, 9.17) is 4.74 Å². The molecule has 1 atom stereocenters. The van der Waals surface area contributed by atoms with E-state index in [9.17, 15) is 9.90 Å². The molecule has 1 aromatic carbocycles. The summed E-state index contributed by atoms with van der Waals surface area (Å²) in [5.41, 5.74) is 0.655. The first-order valence-electron chi connectivity index (χ1n) is 6.06. The van der Waals surface area contributed by atoms with Gasteiger partial charge in [0.25, 0.3) is 0 Å². The molecule has 1 unspecified atom stereocenters. The molecule has 1 heterocycles. The fourth-order valence-electron chi connectivity index (χ4n) is 1.62. The largest absolute Gasteiger partial charge is 0.504 e. The highest BCUT2D eigenvalue weighted by Gasteiger charge is 2.17. The van der Waals surface area contributed by atoms with Crippen molar-refractivity contribution < 1.29 is 19.4 Å². The number of rotatable bonds is 4. The van der Waals surface area contributed by atoms with Gasteiger partial charge in [-0.3, -0.25) is 0 Å². The average molecular weight is 400 g/mol. The molecule has 2 aromatic rings. The molecule has 0 aliphatic heterocycles. The Bertz CT molecular complexity index is 646. The summed E-state index contributed by atoms with van der Waals surface area (Å²) in [6.07, 6.45) is 2.56. The highest BCUT2D eigenvalue weighted by atomic mass is 127. The molecule has 0 bridgehead atoms. The van der Waals surface area contributed by atoms with Crippen molar-refractivity contribution in [3.05, 3.63) is 34.2 Å². The first-order chi connectivity index (χ1) is 10.0. The molecular formula is C14H13IN2O4. The van der Waals surface area contributed by atoms with Crippen LogP contribution in [-0.2, 0) is 9.53 Å². The van der Waals surface area contributed by atoms with Gasteiger partial charge in [-0.2, -0.15) is 0 Å². The number of ether oxygens (including phenoxy) is 2. The smallest absolute Gasteiger partial charge is 0.346 e. The number of halogens is 1. The van der Waals surface area contributed by atoms with Gasteiger partial charge in [0.1, 0.15) is 0 Å². The number of carbonyl (C=O) groups is 1. The quantitative estimate of drug-likeness (QED) is 0.627. The maximum atomic E-state index is 11.3. The van der Waals surface area contributed by atoms with Crippen LogP contribution in [0.25, 0.3) is 11.4 Å². The summed E-state index contributed by atoms with van der Waals surface area (Å²) in [4.78, 5) is 19.7. The molecule has 110 valence electrons. The molecule has 1 aromatic heterocycles. The Kier molecular flexibility index (Phi) is 4.94. The van der Waals surface area contributed by atoms with Gasteiger partial charge in [0.05, 0.1) is 7.11 Å². The van der Waals surface area contributed by atoms with Crippen molar-refractivity contribution in [3.8, 4) is 22.9 Å². The zero-order chi connectivity index (χ0) is 15.4. The molecule has 0 spiro atoms. The Morgan fingerprint density at radius 3 is 2.57 bits per heavy atom. The van der Waals surface area contributed by atoms with Crippen LogP contribution >= 0.6 is 22.6 Å². The molecule has 0 saturated carbocycles. The highest BCUT2D eigenvalue weighted by Crippen LogP contribution is 2.31. The van der Waals surface area contributed by atoms with Crippen molar-refractivity contribution in [2.45, 2.75) is 13.0 Å². The van der Waals surface area contributed by atoms with Crippen molar-refractivity contribution in [2.75, 3.05) is 7.11 Å². The van der Waals surface area contributed by atoms with Gasteiger partial charge in [0, 0.05) is 21.5 Å². The number of carbonyl (C=O) groups excluding carboxylic acids is 1. The van der Waals surface area contributed by atoms with Gasteiger partial charge in [-0.25, -0.2) is 14.8 Å². The molecule has 7 heteroatoms. The monoisotopic (exact) mass is 400 g/mol. The number of phenolic OH excluding ortho intramolecular Hbond substituents is 1. The zero-order valence-electron chi connectivity index (χ0n) is 11.4. The van der Waals surface area contributed by atoms with Gasteiger partial charge in [0.2, 0.25) is 0 Å². The number of esters is 1. The second-order valence-corrected chi connectivity index (χ2v) is 5.44. The molecule has 2 rings (SSSR count). The molecule has 0 saturated heterocycles. The normalized spacial score (nSPS) is 11.8. The molecule has 0 aliphatic rings. The van der Waals surface area contributed by atoms with E-state index in [0.717, 1.165) is 3.57 Å². The lowest BCUT2D eigenvalue weighted by Gasteiger charge is -2.13. The number of benzene rings is 1. The number of phenols is 1. The standard InChI is InChI=1S/C14H13IN2O4/c1-8(14(19)20-2)21-12-4-3-9(5-11(12)18)13-16-6-10(15)7-17-13/h3-8,18H,1-2H3. The molecule has 1 N–H and O–H groups in total. The SMILES string of the molecule is COC(=O)C(C)Oc1ccc(-c2ncc(I)cn2)cc1O. The third kappa shape index (κ3) is 3.81. The van der Waals surface area contributed by atoms with E-state index in [0.29, 0.717) is 11.4 Å². The molecule has 0 radical (unpaired) electrons. The maximum Gasteiger partial charge on any atom is 0.346 e. The fourth-order valence-corrected chi connectivity index (χ4v) is 1.90. The average Bonchev–Trinajstić information content (AvgIpc) is 2.49. The van der Waals surface area contributed by atoms with Crippen LogP contribution in [0, 0.1) is 3.57 Å². The van der Waals surface area contributed by atoms with Crippen molar-refractivity contribution in [1.82, 2.24) is 9.97 Å². The minimum atomic E-state index is -0.804. The lowest BCUT2D eigenvalue weighted by molar-refractivity contribution is -0.147. The topological polar surface area (TPSA) is 81.5 Å². The van der Waals surface area contributed by atoms with E-state index in [-0.39, 0.29) is 11.5 Å². The summed E-state index contributed by atoms with van der Waals surface area (Å²) in [5, 5.41) is 9.98. The van der Waals surface area contributed by atoms with E-state index in [1.807, 2.05) is 0 Å². The summed E-state index contributed by atoms with van der Waals surface area (Å²) in [7, 11) is 1.28. The third-order valence-corrected chi connectivity index (χ3v) is 3.23. The minimum absolute atomic E-state index is 0.0922. The van der Waals surface area contributed by atoms with Crippen LogP contribution in [0.15, 0.2) is 30.6 Å². The van der Waals surface area contributed by atoms with Crippen molar-refractivity contribution in [2.24, 2.45) is 0 Å². The lowest BCUT2D eigenvalue weighted by Crippen LogP contribution is -2.24. The van der Waals surface area contributed by atoms with Crippen molar-refractivity contribution in [1.29, 1.82) is 0 Å². The number of hydrogen-bond acceptors (Lipinski definition) is 6. The second kappa shape index (κ2) is 6.70. The van der Waals surface area contributed by atoms with E-state index in [1.54, 1.807) is 31.5 Å². The van der Waals surface area contributed by atoms with Crippen LogP contribution in [0.5, 0.6) is 11.5 Å². The van der Waals surface area contributed by atoms with E-state index in [1.165, 1.54) is 13.2 Å². The molecule has 0 amide bonds. The van der Waals surface area contributed by atoms with Gasteiger partial charge in [-0.05, 0) is 47.7 Å². The van der Waals surface area contributed by atoms with Crippen LogP contribution in [0.3, 0.4) is 0 Å². The van der Waals surface area contributed by atoms with Gasteiger partial charge in [0.15, 0.2) is 23.4 Å². The fraction of sp³-hybridized carbons (Fsp3) is 0.214. The predicted molar refractivity (Wildman–Crippen MR) is 84.0 cm³/mol. The van der Waals surface area contributed by atoms with Crippen molar-refractivity contribution in [3.63, 3.8) is 0 Å². The molecule has 21 heavy (non-hydrogen) atoms. The van der Waals surface area contributed by atoms with Gasteiger partial charge in [-0.15, -0.1) is 0 Å². The van der Waals surface area contributed by atoms with Crippen molar-refractivity contribution >= 4 is 28.6 Å². The van der Waals surface area contributed by atoms with Gasteiger partial charge in [-0.1, -0.05) is 0 Å². The van der Waals surface area contributed by atoms with Crippen LogP contribution in [0.4, 0.5) is 0 Å². The van der Waals surface area contributed by atoms with Crippen LogP contribution in [-0.4, -0.2) is 34.3 Å². The number of aromatic hydroxyl groups is 1. The Morgan fingerprint density at radius 1 is 1.33 bits per heavy atom. The first-order valence-corrected chi connectivity index (χ1v) is 7.14. The summed E-state index contributed by atoms with van der Waals surface area (Å²) < 4.78 is 10.8. The summed E-state index contributed by atoms with van der Waals surface area (Å²) >= 11 is 2.11. The minimum Gasteiger partial charge on any atom is -0.504 e. The van der Waals surface area contributed by atoms with Gasteiger partial charge >= 0.3 is 5.97 Å². The highest BCUT2D eigenvalue weighted by molar-refractivity contribution is 14.1. The maximum absolute atomic E-state index is 11.3. The Hall–Kier alpha value is -1.90. The summed E-state index contributed by atoms with van der Waals surface area (Å²) in [5.74, 6) is 0.0882. The predicted octanol–water partition coefficient (Wildman–Crippen LogP) is 2.39. The first kappa shape index (κ1) is 15.5. The summed E-state index contributed by atoms with van der Waals surface area (Å²) in [6, 6.07) is 4.76. The Labute approximate surface area is 135 Å². The summed E-state index contributed by atoms with van der Waals surface area (Å²) in [6.45, 7) is 1.54. The third-order valence-electron chi connectivity index (χ3n) is 2.67. The number of hydrogen-bond donors (Lipinski definition) is 1. The lowest BCUT2D eigenvalue weighted by atomic mass is 10.2. The number of methoxy groups -OCH3 is 1. The number of nitrogens with zero attached hydrogens (tertiary/aromatic N) is 2. The molecule has 0 fully saturated rings. The second-order valence-electron chi connectivity index (χ2n) is 4.19. The molecule has 6 nitrogen and oxygen atoms in total. The molecular weight excluding hydrogens is 387 g/mol. The zero-order valence-corrected chi connectivity index (χ0v) is 13.6. The van der Waals surface area contributed by atoms with Crippen LogP contribution in [0.1, 0.15) is 6.92 Å². The van der Waals surface area contributed by atoms with E-state index in [2.05, 4.69) is 37.3 Å². The van der Waals surface area contributed by atoms with E-state index >= 15 is 0 Å². The van der Waals surface area contributed by atoms with Crippen LogP contribution in [0.2, 0.25) is 0 Å².